The van der Waals surface area contributed by atoms with Crippen molar-refractivity contribution >= 4 is 53.1 Å². The highest BCUT2D eigenvalue weighted by atomic mass is 33.7. The molecule has 2 bridgehead atoms. The molecule has 4 nitrogen and oxygen atoms in total. The number of piperazine rings is 1. The maximum atomic E-state index is 12.7. The Kier molecular flexibility index (Phi) is 6.77. The van der Waals surface area contributed by atoms with E-state index in [-0.39, 0.29) is 22.6 Å². The molecule has 3 fully saturated rings. The van der Waals surface area contributed by atoms with E-state index in [1.165, 1.54) is 21.6 Å². The third-order valence-electron chi connectivity index (χ3n) is 3.35. The Balaban J connectivity index is 2.18. The van der Waals surface area contributed by atoms with Crippen LogP contribution in [0.3, 0.4) is 0 Å². The molecule has 2 unspecified atom stereocenters. The lowest BCUT2D eigenvalue weighted by molar-refractivity contribution is -0.153. The van der Waals surface area contributed by atoms with Gasteiger partial charge in [-0.25, -0.2) is 0 Å². The summed E-state index contributed by atoms with van der Waals surface area (Å²) < 4.78 is 0. The normalized spacial score (nSPS) is 26.9. The van der Waals surface area contributed by atoms with Crippen LogP contribution in [-0.4, -0.2) is 45.5 Å². The van der Waals surface area contributed by atoms with Crippen molar-refractivity contribution in [2.75, 3.05) is 13.1 Å². The Morgan fingerprint density at radius 2 is 1.25 bits per heavy atom. The van der Waals surface area contributed by atoms with Crippen LogP contribution in [0.15, 0.2) is 0 Å². The van der Waals surface area contributed by atoms with Gasteiger partial charge >= 0.3 is 0 Å². The molecule has 114 valence electrons. The molecule has 3 rings (SSSR count). The molecule has 0 N–H and O–H groups in total. The Morgan fingerprint density at radius 1 is 0.850 bits per heavy atom. The van der Waals surface area contributed by atoms with Crippen molar-refractivity contribution in [3.8, 4) is 0 Å². The number of hydrogen-bond acceptors (Lipinski definition) is 6. The number of fused-ring (bicyclic) bond motifs is 5. The predicted molar refractivity (Wildman–Crippen MR) is 91.2 cm³/mol. The summed E-state index contributed by atoms with van der Waals surface area (Å²) in [5.41, 5.74) is 0. The number of hydrogen-bond donors (Lipinski definition) is 0. The Hall–Kier alpha value is 0.340. The topological polar surface area (TPSA) is 40.6 Å². The third-order valence-corrected chi connectivity index (χ3v) is 9.98. The van der Waals surface area contributed by atoms with Crippen LogP contribution in [0.2, 0.25) is 0 Å². The molecule has 0 aliphatic carbocycles. The molecule has 3 saturated heterocycles. The van der Waals surface area contributed by atoms with E-state index >= 15 is 0 Å². The van der Waals surface area contributed by atoms with Crippen molar-refractivity contribution in [3.05, 3.63) is 0 Å². The van der Waals surface area contributed by atoms with Crippen molar-refractivity contribution in [2.24, 2.45) is 0 Å². The lowest BCUT2D eigenvalue weighted by atomic mass is 10.2. The number of rotatable bonds is 6. The first-order valence-electron chi connectivity index (χ1n) is 6.97. The van der Waals surface area contributed by atoms with Gasteiger partial charge < -0.3 is 9.80 Å². The first-order chi connectivity index (χ1) is 9.70. The number of carbonyl (C=O) groups excluding carboxylic acids is 2. The van der Waals surface area contributed by atoms with E-state index in [1.54, 1.807) is 29.5 Å². The van der Waals surface area contributed by atoms with Crippen molar-refractivity contribution < 1.29 is 9.59 Å². The average Bonchev–Trinajstić information content (AvgIpc) is 2.43. The van der Waals surface area contributed by atoms with Gasteiger partial charge in [-0.05, 0) is 54.1 Å². The van der Waals surface area contributed by atoms with E-state index in [1.807, 2.05) is 0 Å². The van der Waals surface area contributed by atoms with E-state index in [4.69, 9.17) is 0 Å². The summed E-state index contributed by atoms with van der Waals surface area (Å²) in [6, 6.07) is 0. The molecular weight excluding hydrogens is 332 g/mol. The summed E-state index contributed by atoms with van der Waals surface area (Å²) in [5, 5.41) is -0.666. The quantitative estimate of drug-likeness (QED) is 0.680. The monoisotopic (exact) mass is 352 g/mol. The molecule has 20 heavy (non-hydrogen) atoms. The second-order valence-electron chi connectivity index (χ2n) is 4.80. The highest BCUT2D eigenvalue weighted by Crippen LogP contribution is 2.53. The molecule has 0 aromatic heterocycles. The molecular formula is C12H20N2O2S4. The van der Waals surface area contributed by atoms with Crippen molar-refractivity contribution in [1.82, 2.24) is 9.80 Å². The molecule has 0 aromatic rings. The summed E-state index contributed by atoms with van der Waals surface area (Å²) in [7, 11) is 6.26. The molecule has 3 aliphatic heterocycles. The van der Waals surface area contributed by atoms with Gasteiger partial charge in [-0.15, -0.1) is 0 Å². The second kappa shape index (κ2) is 8.10. The van der Waals surface area contributed by atoms with Crippen LogP contribution in [-0.2, 0) is 9.59 Å². The molecule has 0 aromatic carbocycles. The van der Waals surface area contributed by atoms with Crippen LogP contribution in [0.4, 0.5) is 0 Å². The average molecular weight is 353 g/mol. The number of nitrogens with zero attached hydrogens (tertiary/aromatic N) is 2. The zero-order valence-corrected chi connectivity index (χ0v) is 15.0. The molecule has 8 heteroatoms. The highest BCUT2D eigenvalue weighted by Gasteiger charge is 2.47. The maximum Gasteiger partial charge on any atom is 0.258 e. The fraction of sp³-hybridized carbons (Fsp3) is 0.833. The molecule has 2 atom stereocenters. The van der Waals surface area contributed by atoms with Crippen molar-refractivity contribution in [2.45, 2.75) is 50.3 Å². The number of carbonyl (C=O) groups is 2. The molecule has 3 heterocycles. The van der Waals surface area contributed by atoms with Gasteiger partial charge in [-0.1, -0.05) is 26.7 Å². The molecule has 2 amide bonds. The number of unbranched alkanes of at least 4 members (excludes halogenated alkanes) is 2. The Bertz CT molecular complexity index is 335. The smallest absolute Gasteiger partial charge is 0.258 e. The second-order valence-corrected chi connectivity index (χ2v) is 10.8. The van der Waals surface area contributed by atoms with E-state index < -0.39 is 0 Å². The van der Waals surface area contributed by atoms with E-state index in [2.05, 4.69) is 13.8 Å². The molecule has 0 radical (unpaired) electrons. The first kappa shape index (κ1) is 16.7. The first-order valence-corrected chi connectivity index (χ1v) is 11.9. The van der Waals surface area contributed by atoms with E-state index in [0.717, 1.165) is 25.7 Å². The van der Waals surface area contributed by atoms with Crippen molar-refractivity contribution in [3.63, 3.8) is 0 Å². The fourth-order valence-electron chi connectivity index (χ4n) is 2.19. The minimum Gasteiger partial charge on any atom is -0.319 e. The highest BCUT2D eigenvalue weighted by molar-refractivity contribution is 9.26. The zero-order valence-electron chi connectivity index (χ0n) is 11.7. The minimum absolute atomic E-state index is 0.115. The van der Waals surface area contributed by atoms with Gasteiger partial charge in [0, 0.05) is 13.1 Å². The predicted octanol–water partition coefficient (Wildman–Crippen LogP) is 3.60. The van der Waals surface area contributed by atoms with Gasteiger partial charge in [0.2, 0.25) is 0 Å². The van der Waals surface area contributed by atoms with Gasteiger partial charge in [0.1, 0.15) is 0 Å². The van der Waals surface area contributed by atoms with Crippen LogP contribution in [0.5, 0.6) is 0 Å². The summed E-state index contributed by atoms with van der Waals surface area (Å²) in [4.78, 5) is 28.9. The summed E-state index contributed by atoms with van der Waals surface area (Å²) >= 11 is 0. The minimum atomic E-state index is -0.333. The molecule has 3 aliphatic rings. The molecule has 0 saturated carbocycles. The van der Waals surface area contributed by atoms with Crippen LogP contribution in [0.25, 0.3) is 0 Å². The number of amides is 2. The van der Waals surface area contributed by atoms with Crippen LogP contribution < -0.4 is 0 Å². The van der Waals surface area contributed by atoms with Gasteiger partial charge in [0.15, 0.2) is 10.7 Å². The lowest BCUT2D eigenvalue weighted by Crippen LogP contribution is -2.62. The van der Waals surface area contributed by atoms with Gasteiger partial charge in [-0.3, -0.25) is 9.59 Å². The fourth-order valence-corrected chi connectivity index (χ4v) is 8.87. The Labute approximate surface area is 135 Å². The van der Waals surface area contributed by atoms with Crippen molar-refractivity contribution in [1.29, 1.82) is 0 Å². The van der Waals surface area contributed by atoms with Crippen LogP contribution in [0, 0.1) is 0 Å². The van der Waals surface area contributed by atoms with Gasteiger partial charge in [-0.2, -0.15) is 0 Å². The lowest BCUT2D eigenvalue weighted by Gasteiger charge is -2.45. The summed E-state index contributed by atoms with van der Waals surface area (Å²) in [5.74, 6) is 0.230. The third kappa shape index (κ3) is 3.56. The zero-order chi connectivity index (χ0) is 14.5. The molecule has 0 spiro atoms. The summed E-state index contributed by atoms with van der Waals surface area (Å²) in [6.45, 7) is 5.61. The summed E-state index contributed by atoms with van der Waals surface area (Å²) in [6.07, 6.45) is 3.99. The standard InChI is InChI=1S/C12H20N2O2S4/c1-3-5-7-13-9(15)12-14(8-6-4-2)10(16)11(13)17-19-20-18-12/h11-12H,3-8H2,1-2H3. The Morgan fingerprint density at radius 3 is 1.60 bits per heavy atom. The van der Waals surface area contributed by atoms with Gasteiger partial charge in [0.25, 0.3) is 11.8 Å². The van der Waals surface area contributed by atoms with Crippen LogP contribution in [0.1, 0.15) is 39.5 Å². The maximum absolute atomic E-state index is 12.7. The van der Waals surface area contributed by atoms with E-state index in [0.29, 0.717) is 13.1 Å². The largest absolute Gasteiger partial charge is 0.319 e. The van der Waals surface area contributed by atoms with Gasteiger partial charge in [0.05, 0.1) is 0 Å². The van der Waals surface area contributed by atoms with Crippen LogP contribution >= 0.6 is 41.2 Å². The SMILES string of the molecule is CCCCN1C(=O)C2SSSSC1C(=O)N2CCCC. The van der Waals surface area contributed by atoms with E-state index in [9.17, 15) is 9.59 Å².